The molecule has 1 heterocycles. The quantitative estimate of drug-likeness (QED) is 0.300. The van der Waals surface area contributed by atoms with Crippen molar-refractivity contribution in [3.63, 3.8) is 0 Å². The number of aliphatic imine (C=N–C) groups is 1. The van der Waals surface area contributed by atoms with Gasteiger partial charge in [-0.25, -0.2) is 0 Å². The largest absolute Gasteiger partial charge is 0.461 e. The number of rotatable bonds is 8. The topological polar surface area (TPSA) is 72.8 Å². The van der Waals surface area contributed by atoms with E-state index >= 15 is 0 Å². The van der Waals surface area contributed by atoms with E-state index < -0.39 is 0 Å². The first-order valence-electron chi connectivity index (χ1n) is 7.38. The fourth-order valence-corrected chi connectivity index (χ4v) is 2.04. The highest BCUT2D eigenvalue weighted by atomic mass is 127. The van der Waals surface area contributed by atoms with Crippen molar-refractivity contribution in [2.45, 2.75) is 19.8 Å². The third-order valence-electron chi connectivity index (χ3n) is 3.09. The van der Waals surface area contributed by atoms with Gasteiger partial charge in [-0.15, -0.1) is 24.0 Å². The molecule has 3 N–H and O–H groups in total. The maximum absolute atomic E-state index is 5.80. The monoisotopic (exact) mass is 417 g/mol. The lowest BCUT2D eigenvalue weighted by Crippen LogP contribution is -2.33. The molecule has 0 aliphatic carbocycles. The minimum atomic E-state index is 0. The first kappa shape index (κ1) is 18.8. The van der Waals surface area contributed by atoms with Crippen LogP contribution in [0, 0.1) is 0 Å². The van der Waals surface area contributed by atoms with E-state index in [4.69, 9.17) is 14.9 Å². The molecule has 0 amide bonds. The van der Waals surface area contributed by atoms with Gasteiger partial charge in [-0.1, -0.05) is 18.2 Å². The standard InChI is InChI=1S/C16H23N3O2.HI/c1-2-20-11-5-9-18-16(17)19-10-8-14-12-13-6-3-4-7-15(13)21-14;/h3-4,6-7,12H,2,5,8-11H2,1H3,(H3,17,18,19);1H. The van der Waals surface area contributed by atoms with Crippen LogP contribution in [0.5, 0.6) is 0 Å². The summed E-state index contributed by atoms with van der Waals surface area (Å²) in [6, 6.07) is 10.1. The summed E-state index contributed by atoms with van der Waals surface area (Å²) in [6.07, 6.45) is 1.67. The van der Waals surface area contributed by atoms with E-state index in [9.17, 15) is 0 Å². The Hall–Kier alpha value is -1.28. The normalized spacial score (nSPS) is 11.4. The number of ether oxygens (including phenoxy) is 1. The summed E-state index contributed by atoms with van der Waals surface area (Å²) in [5, 5.41) is 4.22. The number of guanidine groups is 1. The molecule has 0 saturated carbocycles. The lowest BCUT2D eigenvalue weighted by molar-refractivity contribution is 0.146. The van der Waals surface area contributed by atoms with Gasteiger partial charge in [0, 0.05) is 38.1 Å². The molecule has 5 nitrogen and oxygen atoms in total. The van der Waals surface area contributed by atoms with Crippen LogP contribution in [0.15, 0.2) is 39.7 Å². The van der Waals surface area contributed by atoms with Crippen molar-refractivity contribution in [1.82, 2.24) is 5.32 Å². The molecule has 2 aromatic rings. The van der Waals surface area contributed by atoms with Crippen molar-refractivity contribution in [1.29, 1.82) is 0 Å². The predicted octanol–water partition coefficient (Wildman–Crippen LogP) is 2.92. The third kappa shape index (κ3) is 6.23. The van der Waals surface area contributed by atoms with Gasteiger partial charge >= 0.3 is 0 Å². The summed E-state index contributed by atoms with van der Waals surface area (Å²) >= 11 is 0. The zero-order valence-electron chi connectivity index (χ0n) is 12.9. The van der Waals surface area contributed by atoms with Gasteiger partial charge in [0.25, 0.3) is 0 Å². The lowest BCUT2D eigenvalue weighted by Gasteiger charge is -2.04. The number of hydrogen-bond acceptors (Lipinski definition) is 3. The second-order valence-electron chi connectivity index (χ2n) is 4.74. The molecule has 1 aromatic heterocycles. The SMILES string of the molecule is CCOCCCN=C(N)NCCc1cc2ccccc2o1.I. The summed E-state index contributed by atoms with van der Waals surface area (Å²) in [5.74, 6) is 1.43. The minimum absolute atomic E-state index is 0. The van der Waals surface area contributed by atoms with Gasteiger partial charge in [-0.2, -0.15) is 0 Å². The Kier molecular flexibility index (Phi) is 8.91. The Labute approximate surface area is 148 Å². The molecule has 0 aliphatic rings. The number of furan rings is 1. The number of fused-ring (bicyclic) bond motifs is 1. The molecule has 0 saturated heterocycles. The number of halogens is 1. The van der Waals surface area contributed by atoms with Gasteiger partial charge in [-0.3, -0.25) is 4.99 Å². The first-order valence-corrected chi connectivity index (χ1v) is 7.38. The minimum Gasteiger partial charge on any atom is -0.461 e. The average Bonchev–Trinajstić information content (AvgIpc) is 2.89. The molecule has 122 valence electrons. The van der Waals surface area contributed by atoms with Crippen LogP contribution in [0.1, 0.15) is 19.1 Å². The van der Waals surface area contributed by atoms with Crippen LogP contribution in [0.25, 0.3) is 11.0 Å². The Morgan fingerprint density at radius 3 is 2.95 bits per heavy atom. The fraction of sp³-hybridized carbons (Fsp3) is 0.438. The predicted molar refractivity (Wildman–Crippen MR) is 101 cm³/mol. The third-order valence-corrected chi connectivity index (χ3v) is 3.09. The Balaban J connectivity index is 0.00000242. The second kappa shape index (κ2) is 10.4. The number of hydrogen-bond donors (Lipinski definition) is 2. The maximum atomic E-state index is 5.80. The Morgan fingerprint density at radius 1 is 1.36 bits per heavy atom. The van der Waals surface area contributed by atoms with Crippen LogP contribution in [0.3, 0.4) is 0 Å². The molecule has 0 fully saturated rings. The molecule has 6 heteroatoms. The summed E-state index contributed by atoms with van der Waals surface area (Å²) in [4.78, 5) is 4.24. The van der Waals surface area contributed by atoms with E-state index in [0.717, 1.165) is 42.8 Å². The number of para-hydroxylation sites is 1. The molecule has 0 radical (unpaired) electrons. The van der Waals surface area contributed by atoms with Crippen LogP contribution in [-0.4, -0.2) is 32.3 Å². The molecule has 0 atom stereocenters. The highest BCUT2D eigenvalue weighted by Gasteiger charge is 2.02. The van der Waals surface area contributed by atoms with Crippen LogP contribution >= 0.6 is 24.0 Å². The Morgan fingerprint density at radius 2 is 2.18 bits per heavy atom. The second-order valence-corrected chi connectivity index (χ2v) is 4.74. The van der Waals surface area contributed by atoms with Crippen molar-refractivity contribution in [3.8, 4) is 0 Å². The molecule has 2 rings (SSSR count). The highest BCUT2D eigenvalue weighted by molar-refractivity contribution is 14.0. The maximum Gasteiger partial charge on any atom is 0.188 e. The van der Waals surface area contributed by atoms with E-state index in [1.165, 1.54) is 0 Å². The van der Waals surface area contributed by atoms with Crippen LogP contribution < -0.4 is 11.1 Å². The van der Waals surface area contributed by atoms with Gasteiger partial charge in [0.2, 0.25) is 0 Å². The smallest absolute Gasteiger partial charge is 0.188 e. The summed E-state index contributed by atoms with van der Waals surface area (Å²) in [7, 11) is 0. The summed E-state index contributed by atoms with van der Waals surface area (Å²) < 4.78 is 11.0. The van der Waals surface area contributed by atoms with Crippen molar-refractivity contribution in [3.05, 3.63) is 36.1 Å². The molecular weight excluding hydrogens is 393 g/mol. The fourth-order valence-electron chi connectivity index (χ4n) is 2.04. The lowest BCUT2D eigenvalue weighted by atomic mass is 10.2. The molecule has 1 aromatic carbocycles. The number of nitrogens with zero attached hydrogens (tertiary/aromatic N) is 1. The van der Waals surface area contributed by atoms with Gasteiger partial charge < -0.3 is 20.2 Å². The van der Waals surface area contributed by atoms with E-state index in [-0.39, 0.29) is 24.0 Å². The zero-order chi connectivity index (χ0) is 14.9. The van der Waals surface area contributed by atoms with E-state index in [1.54, 1.807) is 0 Å². The molecule has 22 heavy (non-hydrogen) atoms. The zero-order valence-corrected chi connectivity index (χ0v) is 15.2. The molecule has 0 unspecified atom stereocenters. The van der Waals surface area contributed by atoms with Crippen molar-refractivity contribution in [2.75, 3.05) is 26.3 Å². The average molecular weight is 417 g/mol. The number of benzene rings is 1. The van der Waals surface area contributed by atoms with Crippen molar-refractivity contribution < 1.29 is 9.15 Å². The number of nitrogens with one attached hydrogen (secondary N) is 1. The summed E-state index contributed by atoms with van der Waals surface area (Å²) in [6.45, 7) is 4.85. The Bertz CT molecular complexity index is 551. The van der Waals surface area contributed by atoms with Crippen molar-refractivity contribution >= 4 is 40.9 Å². The molecular formula is C16H24IN3O2. The first-order chi connectivity index (χ1) is 10.3. The highest BCUT2D eigenvalue weighted by Crippen LogP contribution is 2.18. The van der Waals surface area contributed by atoms with Gasteiger partial charge in [0.05, 0.1) is 0 Å². The van der Waals surface area contributed by atoms with Crippen LogP contribution in [0.2, 0.25) is 0 Å². The molecule has 0 bridgehead atoms. The van der Waals surface area contributed by atoms with Gasteiger partial charge in [0.1, 0.15) is 11.3 Å². The van der Waals surface area contributed by atoms with Crippen LogP contribution in [-0.2, 0) is 11.2 Å². The van der Waals surface area contributed by atoms with E-state index in [0.29, 0.717) is 19.0 Å². The van der Waals surface area contributed by atoms with Gasteiger partial charge in [-0.05, 0) is 25.5 Å². The van der Waals surface area contributed by atoms with Gasteiger partial charge in [0.15, 0.2) is 5.96 Å². The van der Waals surface area contributed by atoms with E-state index in [1.807, 2.05) is 31.2 Å². The van der Waals surface area contributed by atoms with Crippen molar-refractivity contribution in [2.24, 2.45) is 10.7 Å². The van der Waals surface area contributed by atoms with Crippen LogP contribution in [0.4, 0.5) is 0 Å². The number of nitrogens with two attached hydrogens (primary N) is 1. The molecule has 0 spiro atoms. The summed E-state index contributed by atoms with van der Waals surface area (Å²) in [5.41, 5.74) is 6.72. The van der Waals surface area contributed by atoms with E-state index in [2.05, 4.69) is 16.4 Å². The molecule has 0 aliphatic heterocycles.